The Morgan fingerprint density at radius 3 is 3.00 bits per heavy atom. The summed E-state index contributed by atoms with van der Waals surface area (Å²) >= 11 is 3.80. The Morgan fingerprint density at radius 1 is 1.08 bits per heavy atom. The number of benzene rings is 1. The van der Waals surface area contributed by atoms with Crippen LogP contribution in [0.5, 0.6) is 0 Å². The molecule has 1 aromatic carbocycles. The first-order valence-corrected chi connectivity index (χ1v) is 6.10. The van der Waals surface area contributed by atoms with Crippen molar-refractivity contribution in [1.82, 2.24) is 0 Å². The molecule has 3 rings (SSSR count). The predicted molar refractivity (Wildman–Crippen MR) is 59.3 cm³/mol. The molecule has 0 unspecified atom stereocenters. The van der Waals surface area contributed by atoms with Crippen molar-refractivity contribution in [3.05, 3.63) is 41.3 Å². The van der Waals surface area contributed by atoms with Crippen molar-refractivity contribution >= 4 is 23.1 Å². The minimum Gasteiger partial charge on any atom is -0.143 e. The van der Waals surface area contributed by atoms with Crippen LogP contribution in [0.4, 0.5) is 0 Å². The van der Waals surface area contributed by atoms with Crippen molar-refractivity contribution in [2.45, 2.75) is 10.6 Å². The summed E-state index contributed by atoms with van der Waals surface area (Å²) in [5, 5.41) is 2.19. The maximum atomic E-state index is 2.24. The Kier molecular flexibility index (Phi) is 1.70. The lowest BCUT2D eigenvalue weighted by molar-refractivity contribution is 1.36. The van der Waals surface area contributed by atoms with E-state index in [4.69, 9.17) is 0 Å². The van der Waals surface area contributed by atoms with Crippen LogP contribution in [0.1, 0.15) is 5.56 Å². The van der Waals surface area contributed by atoms with Gasteiger partial charge in [-0.2, -0.15) is 0 Å². The van der Waals surface area contributed by atoms with Crippen LogP contribution >= 0.6 is 23.1 Å². The smallest absolute Gasteiger partial charge is 0.0394 e. The van der Waals surface area contributed by atoms with Crippen LogP contribution < -0.4 is 0 Å². The fourth-order valence-electron chi connectivity index (χ4n) is 1.62. The average molecular weight is 204 g/mol. The lowest BCUT2D eigenvalue weighted by Gasteiger charge is -2.14. The molecule has 0 bridgehead atoms. The summed E-state index contributed by atoms with van der Waals surface area (Å²) < 4.78 is 0. The van der Waals surface area contributed by atoms with Crippen LogP contribution in [-0.4, -0.2) is 0 Å². The normalized spacial score (nSPS) is 13.5. The minimum atomic E-state index is 1.13. The van der Waals surface area contributed by atoms with E-state index >= 15 is 0 Å². The fraction of sp³-hybridized carbons (Fsp3) is 0.0909. The van der Waals surface area contributed by atoms with E-state index < -0.39 is 0 Å². The number of thioether (sulfide) groups is 1. The third-order valence-corrected chi connectivity index (χ3v) is 4.37. The van der Waals surface area contributed by atoms with Gasteiger partial charge >= 0.3 is 0 Å². The summed E-state index contributed by atoms with van der Waals surface area (Å²) in [7, 11) is 0. The molecular weight excluding hydrogens is 196 g/mol. The number of fused-ring (bicyclic) bond motifs is 3. The number of hydrogen-bond acceptors (Lipinski definition) is 2. The van der Waals surface area contributed by atoms with Crippen LogP contribution in [0.15, 0.2) is 40.6 Å². The molecule has 64 valence electrons. The maximum Gasteiger partial charge on any atom is 0.0394 e. The Balaban J connectivity index is 2.30. The monoisotopic (exact) mass is 204 g/mol. The van der Waals surface area contributed by atoms with E-state index in [1.807, 2.05) is 23.1 Å². The van der Waals surface area contributed by atoms with Gasteiger partial charge in [-0.1, -0.05) is 18.2 Å². The third-order valence-electron chi connectivity index (χ3n) is 2.26. The van der Waals surface area contributed by atoms with Gasteiger partial charge in [0, 0.05) is 21.1 Å². The van der Waals surface area contributed by atoms with E-state index in [2.05, 4.69) is 35.7 Å². The van der Waals surface area contributed by atoms with Crippen molar-refractivity contribution in [3.63, 3.8) is 0 Å². The highest BCUT2D eigenvalue weighted by atomic mass is 32.2. The number of thiophene rings is 1. The molecule has 2 heteroatoms. The van der Waals surface area contributed by atoms with Gasteiger partial charge < -0.3 is 0 Å². The summed E-state index contributed by atoms with van der Waals surface area (Å²) in [6.07, 6.45) is 0. The van der Waals surface area contributed by atoms with E-state index in [1.54, 1.807) is 0 Å². The second kappa shape index (κ2) is 2.89. The van der Waals surface area contributed by atoms with Gasteiger partial charge in [-0.3, -0.25) is 0 Å². The van der Waals surface area contributed by atoms with Crippen LogP contribution in [0.3, 0.4) is 0 Å². The van der Waals surface area contributed by atoms with Gasteiger partial charge in [-0.05, 0) is 23.1 Å². The van der Waals surface area contributed by atoms with Crippen molar-refractivity contribution in [2.75, 3.05) is 0 Å². The third kappa shape index (κ3) is 1.13. The Morgan fingerprint density at radius 2 is 2.00 bits per heavy atom. The molecular formula is C11H8S2. The van der Waals surface area contributed by atoms with E-state index in [0.717, 1.165) is 5.75 Å². The summed E-state index contributed by atoms with van der Waals surface area (Å²) in [6.45, 7) is 0. The largest absolute Gasteiger partial charge is 0.143 e. The minimum absolute atomic E-state index is 1.13. The zero-order valence-electron chi connectivity index (χ0n) is 6.99. The van der Waals surface area contributed by atoms with Crippen LogP contribution in [-0.2, 0) is 5.75 Å². The summed E-state index contributed by atoms with van der Waals surface area (Å²) in [6, 6.07) is 10.9. The second-order valence-corrected chi connectivity index (χ2v) is 4.99. The highest BCUT2D eigenvalue weighted by Crippen LogP contribution is 2.43. The maximum absolute atomic E-state index is 2.24. The van der Waals surface area contributed by atoms with Gasteiger partial charge in [0.1, 0.15) is 0 Å². The highest BCUT2D eigenvalue weighted by molar-refractivity contribution is 7.98. The molecule has 0 N–H and O–H groups in total. The van der Waals surface area contributed by atoms with E-state index in [-0.39, 0.29) is 0 Å². The number of rotatable bonds is 0. The van der Waals surface area contributed by atoms with Crippen LogP contribution in [0.25, 0.3) is 10.4 Å². The Labute approximate surface area is 85.6 Å². The first-order valence-electron chi connectivity index (χ1n) is 4.24. The van der Waals surface area contributed by atoms with E-state index in [0.29, 0.717) is 0 Å². The summed E-state index contributed by atoms with van der Waals surface area (Å²) in [5.41, 5.74) is 2.91. The zero-order chi connectivity index (χ0) is 8.67. The molecule has 0 aliphatic carbocycles. The van der Waals surface area contributed by atoms with Crippen LogP contribution in [0, 0.1) is 0 Å². The van der Waals surface area contributed by atoms with Gasteiger partial charge in [0.05, 0.1) is 0 Å². The lowest BCUT2D eigenvalue weighted by Crippen LogP contribution is -1.90. The molecule has 1 aliphatic heterocycles. The molecule has 1 aromatic heterocycles. The fourth-order valence-corrected chi connectivity index (χ4v) is 3.79. The first kappa shape index (κ1) is 7.65. The molecule has 2 aromatic rings. The highest BCUT2D eigenvalue weighted by Gasteiger charge is 2.16. The quantitative estimate of drug-likeness (QED) is 0.624. The van der Waals surface area contributed by atoms with Gasteiger partial charge in [-0.25, -0.2) is 0 Å². The summed E-state index contributed by atoms with van der Waals surface area (Å²) in [4.78, 5) is 2.90. The Hall–Kier alpha value is -0.730. The second-order valence-electron chi connectivity index (χ2n) is 3.06. The van der Waals surface area contributed by atoms with Crippen LogP contribution in [0.2, 0.25) is 0 Å². The topological polar surface area (TPSA) is 0 Å². The molecule has 0 radical (unpaired) electrons. The molecule has 0 nitrogen and oxygen atoms in total. The predicted octanol–water partition coefficient (Wildman–Crippen LogP) is 4.02. The molecule has 0 atom stereocenters. The molecule has 0 amide bonds. The molecule has 13 heavy (non-hydrogen) atoms. The number of hydrogen-bond donors (Lipinski definition) is 0. The molecule has 2 heterocycles. The van der Waals surface area contributed by atoms with Gasteiger partial charge in [0.2, 0.25) is 0 Å². The zero-order valence-corrected chi connectivity index (χ0v) is 8.62. The molecule has 0 fully saturated rings. The summed E-state index contributed by atoms with van der Waals surface area (Å²) in [5.74, 6) is 1.13. The van der Waals surface area contributed by atoms with Crippen molar-refractivity contribution in [3.8, 4) is 10.4 Å². The SMILES string of the molecule is c1ccc2c(c1)SCc1ccsc1-2. The van der Waals surface area contributed by atoms with Crippen molar-refractivity contribution < 1.29 is 0 Å². The standard InChI is InChI=1S/C11H8S2/c1-2-4-10-9(3-1)11-8(7-13-10)5-6-12-11/h1-6H,7H2. The first-order chi connectivity index (χ1) is 6.45. The van der Waals surface area contributed by atoms with E-state index in [1.165, 1.54) is 20.9 Å². The average Bonchev–Trinajstić information content (AvgIpc) is 2.65. The van der Waals surface area contributed by atoms with Crippen molar-refractivity contribution in [1.29, 1.82) is 0 Å². The van der Waals surface area contributed by atoms with Gasteiger partial charge in [-0.15, -0.1) is 23.1 Å². The Bertz CT molecular complexity index is 443. The van der Waals surface area contributed by atoms with Gasteiger partial charge in [0.25, 0.3) is 0 Å². The van der Waals surface area contributed by atoms with Gasteiger partial charge in [0.15, 0.2) is 0 Å². The molecule has 0 spiro atoms. The van der Waals surface area contributed by atoms with E-state index in [9.17, 15) is 0 Å². The molecule has 0 saturated heterocycles. The van der Waals surface area contributed by atoms with Crippen molar-refractivity contribution in [2.24, 2.45) is 0 Å². The lowest BCUT2D eigenvalue weighted by atomic mass is 10.1. The molecule has 0 saturated carbocycles. The molecule has 1 aliphatic rings.